The van der Waals surface area contributed by atoms with Crippen LogP contribution in [0.15, 0.2) is 30.3 Å². The van der Waals surface area contributed by atoms with E-state index >= 15 is 0 Å². The van der Waals surface area contributed by atoms with Crippen molar-refractivity contribution in [3.63, 3.8) is 0 Å². The average Bonchev–Trinajstić information content (AvgIpc) is 2.84. The largest absolute Gasteiger partial charge is 0.494 e. The molecular formula is C16H19N3O3. The van der Waals surface area contributed by atoms with Gasteiger partial charge in [-0.25, -0.2) is 4.68 Å². The molecule has 1 aromatic carbocycles. The minimum atomic E-state index is -0.307. The fraction of sp³-hybridized carbons (Fsp3) is 0.312. The number of carbonyl (C=O) groups excluding carboxylic acids is 2. The van der Waals surface area contributed by atoms with Crippen molar-refractivity contribution in [2.45, 2.75) is 20.8 Å². The number of carbonyl (C=O) groups is 2. The fourth-order valence-corrected chi connectivity index (χ4v) is 2.08. The number of hydrogen-bond acceptors (Lipinski definition) is 4. The quantitative estimate of drug-likeness (QED) is 0.916. The number of ether oxygens (including phenoxy) is 1. The highest BCUT2D eigenvalue weighted by Crippen LogP contribution is 2.11. The summed E-state index contributed by atoms with van der Waals surface area (Å²) in [5.74, 6) is 0.126. The molecule has 0 aliphatic carbocycles. The van der Waals surface area contributed by atoms with Gasteiger partial charge in [0.15, 0.2) is 0 Å². The maximum atomic E-state index is 12.0. The van der Waals surface area contributed by atoms with E-state index in [9.17, 15) is 9.59 Å². The number of aromatic nitrogens is 2. The van der Waals surface area contributed by atoms with E-state index in [-0.39, 0.29) is 18.4 Å². The van der Waals surface area contributed by atoms with Crippen LogP contribution < -0.4 is 10.1 Å². The number of aryl methyl sites for hydroxylation is 2. The van der Waals surface area contributed by atoms with E-state index in [1.54, 1.807) is 31.2 Å². The molecule has 6 nitrogen and oxygen atoms in total. The lowest BCUT2D eigenvalue weighted by atomic mass is 10.2. The zero-order valence-corrected chi connectivity index (χ0v) is 12.9. The molecule has 0 atom stereocenters. The Morgan fingerprint density at radius 3 is 2.45 bits per heavy atom. The van der Waals surface area contributed by atoms with Crippen molar-refractivity contribution >= 4 is 11.8 Å². The summed E-state index contributed by atoms with van der Waals surface area (Å²) in [6.07, 6.45) is 0. The minimum Gasteiger partial charge on any atom is -0.494 e. The van der Waals surface area contributed by atoms with Gasteiger partial charge in [0, 0.05) is 11.3 Å². The van der Waals surface area contributed by atoms with Crippen LogP contribution in [0.1, 0.15) is 33.5 Å². The van der Waals surface area contributed by atoms with Gasteiger partial charge in [-0.2, -0.15) is 5.10 Å². The molecule has 1 aromatic heterocycles. The van der Waals surface area contributed by atoms with Crippen LogP contribution in [0.4, 0.5) is 0 Å². The molecule has 0 aliphatic rings. The first-order valence-corrected chi connectivity index (χ1v) is 7.08. The van der Waals surface area contributed by atoms with Crippen LogP contribution in [-0.4, -0.2) is 34.7 Å². The van der Waals surface area contributed by atoms with Crippen LogP contribution in [0.25, 0.3) is 0 Å². The molecule has 0 radical (unpaired) electrons. The molecular weight excluding hydrogens is 282 g/mol. The van der Waals surface area contributed by atoms with E-state index in [0.717, 1.165) is 11.4 Å². The maximum absolute atomic E-state index is 12.0. The topological polar surface area (TPSA) is 73.2 Å². The Balaban J connectivity index is 1.94. The smallest absolute Gasteiger partial charge is 0.266 e. The van der Waals surface area contributed by atoms with Gasteiger partial charge in [-0.1, -0.05) is 0 Å². The lowest BCUT2D eigenvalue weighted by Gasteiger charge is -2.07. The second-order valence-electron chi connectivity index (χ2n) is 4.87. The Bertz CT molecular complexity index is 674. The fourth-order valence-electron chi connectivity index (χ4n) is 2.08. The first-order valence-electron chi connectivity index (χ1n) is 7.08. The highest BCUT2D eigenvalue weighted by Gasteiger charge is 2.12. The summed E-state index contributed by atoms with van der Waals surface area (Å²) >= 11 is 0. The first-order chi connectivity index (χ1) is 10.5. The summed E-state index contributed by atoms with van der Waals surface area (Å²) in [6.45, 7) is 5.98. The van der Waals surface area contributed by atoms with Gasteiger partial charge in [-0.15, -0.1) is 0 Å². The third kappa shape index (κ3) is 3.72. The van der Waals surface area contributed by atoms with E-state index in [0.29, 0.717) is 17.9 Å². The summed E-state index contributed by atoms with van der Waals surface area (Å²) < 4.78 is 6.61. The molecule has 0 spiro atoms. The summed E-state index contributed by atoms with van der Waals surface area (Å²) in [5.41, 5.74) is 1.99. The zero-order valence-electron chi connectivity index (χ0n) is 12.9. The Morgan fingerprint density at radius 2 is 1.91 bits per heavy atom. The number of nitrogens with one attached hydrogen (secondary N) is 1. The SMILES string of the molecule is CCOc1ccc(C(=O)NCC(=O)n2nc(C)cc2C)cc1. The van der Waals surface area contributed by atoms with E-state index < -0.39 is 0 Å². The second kappa shape index (κ2) is 6.89. The van der Waals surface area contributed by atoms with Crippen LogP contribution >= 0.6 is 0 Å². The van der Waals surface area contributed by atoms with Crippen LogP contribution in [-0.2, 0) is 0 Å². The maximum Gasteiger partial charge on any atom is 0.266 e. The summed E-state index contributed by atoms with van der Waals surface area (Å²) in [7, 11) is 0. The Kier molecular flexibility index (Phi) is 4.93. The van der Waals surface area contributed by atoms with Gasteiger partial charge in [0.25, 0.3) is 11.8 Å². The Labute approximate surface area is 129 Å². The number of nitrogens with zero attached hydrogens (tertiary/aromatic N) is 2. The molecule has 22 heavy (non-hydrogen) atoms. The van der Waals surface area contributed by atoms with Crippen molar-refractivity contribution < 1.29 is 14.3 Å². The third-order valence-electron chi connectivity index (χ3n) is 3.07. The van der Waals surface area contributed by atoms with Crippen molar-refractivity contribution in [2.75, 3.05) is 13.2 Å². The Hall–Kier alpha value is -2.63. The van der Waals surface area contributed by atoms with Gasteiger partial charge < -0.3 is 10.1 Å². The van der Waals surface area contributed by atoms with Crippen molar-refractivity contribution in [3.05, 3.63) is 47.3 Å². The van der Waals surface area contributed by atoms with Crippen LogP contribution in [0.2, 0.25) is 0 Å². The molecule has 0 saturated carbocycles. The van der Waals surface area contributed by atoms with Crippen molar-refractivity contribution in [1.29, 1.82) is 0 Å². The van der Waals surface area contributed by atoms with E-state index in [1.165, 1.54) is 4.68 Å². The molecule has 1 amide bonds. The molecule has 2 aromatic rings. The van der Waals surface area contributed by atoms with Gasteiger partial charge in [0.1, 0.15) is 5.75 Å². The highest BCUT2D eigenvalue weighted by atomic mass is 16.5. The monoisotopic (exact) mass is 301 g/mol. The highest BCUT2D eigenvalue weighted by molar-refractivity contribution is 5.96. The first kappa shape index (κ1) is 15.8. The molecule has 1 heterocycles. The lowest BCUT2D eigenvalue weighted by Crippen LogP contribution is -2.33. The standard InChI is InChI=1S/C16H19N3O3/c1-4-22-14-7-5-13(6-8-14)16(21)17-10-15(20)19-12(3)9-11(2)18-19/h5-9H,4,10H2,1-3H3,(H,17,21). The number of rotatable bonds is 5. The predicted octanol–water partition coefficient (Wildman–Crippen LogP) is 1.97. The van der Waals surface area contributed by atoms with Crippen LogP contribution in [0, 0.1) is 13.8 Å². The third-order valence-corrected chi connectivity index (χ3v) is 3.07. The number of benzene rings is 1. The summed E-state index contributed by atoms with van der Waals surface area (Å²) in [6, 6.07) is 8.58. The van der Waals surface area contributed by atoms with E-state index in [2.05, 4.69) is 10.4 Å². The van der Waals surface area contributed by atoms with Gasteiger partial charge in [0.05, 0.1) is 18.8 Å². The van der Waals surface area contributed by atoms with Gasteiger partial charge >= 0.3 is 0 Å². The second-order valence-corrected chi connectivity index (χ2v) is 4.87. The average molecular weight is 301 g/mol. The minimum absolute atomic E-state index is 0.103. The van der Waals surface area contributed by atoms with Crippen molar-refractivity contribution in [1.82, 2.24) is 15.1 Å². The van der Waals surface area contributed by atoms with Crippen molar-refractivity contribution in [2.24, 2.45) is 0 Å². The lowest BCUT2D eigenvalue weighted by molar-refractivity contribution is 0.0848. The van der Waals surface area contributed by atoms with Gasteiger partial charge in [0.2, 0.25) is 0 Å². The van der Waals surface area contributed by atoms with E-state index in [1.807, 2.05) is 19.9 Å². The predicted molar refractivity (Wildman–Crippen MR) is 82.3 cm³/mol. The number of amides is 1. The molecule has 0 aliphatic heterocycles. The van der Waals surface area contributed by atoms with Gasteiger partial charge in [-0.05, 0) is 51.1 Å². The van der Waals surface area contributed by atoms with Crippen molar-refractivity contribution in [3.8, 4) is 5.75 Å². The molecule has 2 rings (SSSR count). The molecule has 6 heteroatoms. The number of hydrogen-bond donors (Lipinski definition) is 1. The molecule has 0 bridgehead atoms. The van der Waals surface area contributed by atoms with Crippen LogP contribution in [0.5, 0.6) is 5.75 Å². The molecule has 0 saturated heterocycles. The summed E-state index contributed by atoms with van der Waals surface area (Å²) in [4.78, 5) is 24.0. The van der Waals surface area contributed by atoms with Gasteiger partial charge in [-0.3, -0.25) is 9.59 Å². The normalized spacial score (nSPS) is 10.3. The van der Waals surface area contributed by atoms with E-state index in [4.69, 9.17) is 4.74 Å². The molecule has 116 valence electrons. The molecule has 1 N–H and O–H groups in total. The molecule has 0 fully saturated rings. The Morgan fingerprint density at radius 1 is 1.23 bits per heavy atom. The zero-order chi connectivity index (χ0) is 16.1. The van der Waals surface area contributed by atoms with Crippen LogP contribution in [0.3, 0.4) is 0 Å². The summed E-state index contributed by atoms with van der Waals surface area (Å²) in [5, 5.41) is 6.69. The molecule has 0 unspecified atom stereocenters.